The highest BCUT2D eigenvalue weighted by molar-refractivity contribution is 6.39. The molecule has 5 aromatic rings. The van der Waals surface area contributed by atoms with Crippen molar-refractivity contribution < 1.29 is 29.0 Å². The number of methoxy groups -OCH3 is 1. The zero-order valence-electron chi connectivity index (χ0n) is 32.5. The lowest BCUT2D eigenvalue weighted by molar-refractivity contribution is -0.137. The molecule has 3 aromatic heterocycles. The number of carboxylic acids is 1. The number of hydrogen-bond donors (Lipinski definition) is 3. The molecule has 1 aliphatic heterocycles. The van der Waals surface area contributed by atoms with Gasteiger partial charge in [0.1, 0.15) is 16.9 Å². The Balaban J connectivity index is 1.14. The lowest BCUT2D eigenvalue weighted by atomic mass is 9.97. The second kappa shape index (κ2) is 16.4. The van der Waals surface area contributed by atoms with Gasteiger partial charge in [0.05, 0.1) is 47.6 Å². The molecule has 58 heavy (non-hydrogen) atoms. The minimum Gasteiger partial charge on any atom is -0.481 e. The summed E-state index contributed by atoms with van der Waals surface area (Å²) in [6.07, 6.45) is 6.68. The molecule has 2 fully saturated rings. The minimum atomic E-state index is -0.875. The summed E-state index contributed by atoms with van der Waals surface area (Å²) in [6.45, 7) is 5.83. The van der Waals surface area contributed by atoms with E-state index in [2.05, 4.69) is 20.6 Å². The number of aromatic nitrogens is 4. The molecule has 1 saturated heterocycles. The summed E-state index contributed by atoms with van der Waals surface area (Å²) in [5.74, 6) is -0.741. The third-order valence-corrected chi connectivity index (χ3v) is 11.0. The van der Waals surface area contributed by atoms with Crippen LogP contribution in [0, 0.1) is 0 Å². The number of pyridine rings is 1. The van der Waals surface area contributed by atoms with E-state index in [4.69, 9.17) is 37.7 Å². The first-order valence-electron chi connectivity index (χ1n) is 18.9. The maximum absolute atomic E-state index is 13.4. The molecule has 2 aromatic carbocycles. The van der Waals surface area contributed by atoms with Gasteiger partial charge in [0.2, 0.25) is 11.8 Å². The van der Waals surface area contributed by atoms with Crippen LogP contribution >= 0.6 is 23.2 Å². The Labute approximate surface area is 344 Å². The number of ether oxygens (including phenoxy) is 2. The van der Waals surface area contributed by atoms with Crippen LogP contribution in [0.4, 0.5) is 4.79 Å². The van der Waals surface area contributed by atoms with E-state index < -0.39 is 23.2 Å². The molecule has 1 atom stereocenters. The molecule has 2 aliphatic rings. The van der Waals surface area contributed by atoms with Crippen LogP contribution in [0.15, 0.2) is 71.9 Å². The standard InChI is InChI=1S/C42H43Cl2N7O7/c1-41(2,3)58-40(56)50(22-26-11-12-34(52)48-26)23-32-38(57-4)49-31(21-45-32)30-10-6-9-29(37(30)44)28-8-5-7-27(36(28)43)24-13-16-51-33(17-24)46-19-25(39(51)55)20-47-42(14-15-42)18-35(53)54/h5-10,13,16-17,19,21,26,47H,11-12,14-15,18,20,22-23H2,1-4H3,(H,48,52)(H,53,54). The molecule has 0 bridgehead atoms. The second-order valence-electron chi connectivity index (χ2n) is 15.6. The normalized spacial score (nSPS) is 15.9. The summed E-state index contributed by atoms with van der Waals surface area (Å²) in [4.78, 5) is 65.2. The summed E-state index contributed by atoms with van der Waals surface area (Å²) >= 11 is 14.2. The van der Waals surface area contributed by atoms with Crippen LogP contribution in [0.25, 0.3) is 39.2 Å². The molecule has 16 heteroatoms. The first-order valence-corrected chi connectivity index (χ1v) is 19.6. The summed E-state index contributed by atoms with van der Waals surface area (Å²) in [5, 5.41) is 16.2. The number of fused-ring (bicyclic) bond motifs is 1. The number of amides is 2. The first kappa shape index (κ1) is 40.6. The van der Waals surface area contributed by atoms with Crippen molar-refractivity contribution in [3.05, 3.63) is 98.8 Å². The molecule has 0 radical (unpaired) electrons. The van der Waals surface area contributed by atoms with E-state index in [1.54, 1.807) is 45.3 Å². The molecule has 7 rings (SSSR count). The van der Waals surface area contributed by atoms with E-state index in [0.717, 1.165) is 18.4 Å². The van der Waals surface area contributed by atoms with Gasteiger partial charge < -0.3 is 30.1 Å². The molecule has 2 amide bonds. The van der Waals surface area contributed by atoms with Gasteiger partial charge in [-0.2, -0.15) is 0 Å². The first-order chi connectivity index (χ1) is 27.6. The maximum Gasteiger partial charge on any atom is 0.410 e. The highest BCUT2D eigenvalue weighted by atomic mass is 35.5. The van der Waals surface area contributed by atoms with Crippen molar-refractivity contribution in [1.29, 1.82) is 0 Å². The van der Waals surface area contributed by atoms with Crippen molar-refractivity contribution in [3.63, 3.8) is 0 Å². The minimum absolute atomic E-state index is 0.00643. The predicted octanol–water partition coefficient (Wildman–Crippen LogP) is 6.91. The largest absolute Gasteiger partial charge is 0.481 e. The molecule has 302 valence electrons. The third-order valence-electron chi connectivity index (χ3n) is 10.2. The number of aliphatic carboxylic acids is 1. The van der Waals surface area contributed by atoms with E-state index in [0.29, 0.717) is 67.7 Å². The fraction of sp³-hybridized carbons (Fsp3) is 0.357. The van der Waals surface area contributed by atoms with Crippen molar-refractivity contribution in [2.24, 2.45) is 0 Å². The highest BCUT2D eigenvalue weighted by Gasteiger charge is 2.44. The van der Waals surface area contributed by atoms with E-state index >= 15 is 0 Å². The highest BCUT2D eigenvalue weighted by Crippen LogP contribution is 2.42. The Kier molecular flexibility index (Phi) is 11.5. The molecule has 14 nitrogen and oxygen atoms in total. The molecule has 3 N–H and O–H groups in total. The van der Waals surface area contributed by atoms with Crippen LogP contribution in [-0.2, 0) is 27.4 Å². The van der Waals surface area contributed by atoms with E-state index in [1.165, 1.54) is 22.6 Å². The number of halogens is 2. The van der Waals surface area contributed by atoms with E-state index in [9.17, 15) is 24.3 Å². The Hall–Kier alpha value is -5.57. The van der Waals surface area contributed by atoms with Crippen molar-refractivity contribution in [3.8, 4) is 39.4 Å². The van der Waals surface area contributed by atoms with Crippen molar-refractivity contribution in [2.45, 2.75) is 83.1 Å². The summed E-state index contributed by atoms with van der Waals surface area (Å²) < 4.78 is 12.8. The monoisotopic (exact) mass is 827 g/mol. The molecule has 1 unspecified atom stereocenters. The molecule has 1 saturated carbocycles. The number of nitrogens with zero attached hydrogens (tertiary/aromatic N) is 5. The molecule has 1 aliphatic carbocycles. The van der Waals surface area contributed by atoms with E-state index in [1.807, 2.05) is 36.4 Å². The van der Waals surface area contributed by atoms with Gasteiger partial charge in [-0.05, 0) is 57.7 Å². The number of carbonyl (C=O) groups is 3. The molecular formula is C42H43Cl2N7O7. The van der Waals surface area contributed by atoms with Crippen LogP contribution in [-0.4, -0.2) is 78.2 Å². The van der Waals surface area contributed by atoms with Gasteiger partial charge >= 0.3 is 12.1 Å². The number of nitrogens with one attached hydrogen (secondary N) is 2. The fourth-order valence-corrected chi connectivity index (χ4v) is 7.69. The summed E-state index contributed by atoms with van der Waals surface area (Å²) in [7, 11) is 1.47. The molecule has 0 spiro atoms. The van der Waals surface area contributed by atoms with Crippen LogP contribution in [0.2, 0.25) is 10.0 Å². The Morgan fingerprint density at radius 2 is 1.71 bits per heavy atom. The van der Waals surface area contributed by atoms with Crippen LogP contribution < -0.4 is 20.9 Å². The van der Waals surface area contributed by atoms with Gasteiger partial charge in [-0.3, -0.25) is 23.8 Å². The van der Waals surface area contributed by atoms with Gasteiger partial charge in [-0.1, -0.05) is 59.6 Å². The van der Waals surface area contributed by atoms with Crippen LogP contribution in [0.1, 0.15) is 64.1 Å². The Morgan fingerprint density at radius 3 is 2.34 bits per heavy atom. The smallest absolute Gasteiger partial charge is 0.410 e. The average molecular weight is 829 g/mol. The molecule has 4 heterocycles. The SMILES string of the molecule is COc1nc(-c2cccc(-c3cccc(-c4ccn5c(=O)c(CNC6(CC(=O)O)CC6)cnc5c4)c3Cl)c2Cl)cnc1CN(CC1CCC(=O)N1)C(=O)OC(C)(C)C. The maximum atomic E-state index is 13.4. The summed E-state index contributed by atoms with van der Waals surface area (Å²) in [5.41, 5.74) is 3.56. The van der Waals surface area contributed by atoms with Gasteiger partial charge in [-0.25, -0.2) is 14.8 Å². The van der Waals surface area contributed by atoms with Crippen LogP contribution in [0.3, 0.4) is 0 Å². The van der Waals surface area contributed by atoms with Crippen molar-refractivity contribution in [2.75, 3.05) is 13.7 Å². The second-order valence-corrected chi connectivity index (χ2v) is 16.4. The summed E-state index contributed by atoms with van der Waals surface area (Å²) in [6, 6.07) is 14.5. The lowest BCUT2D eigenvalue weighted by Crippen LogP contribution is -2.44. The third kappa shape index (κ3) is 8.94. The topological polar surface area (TPSA) is 177 Å². The van der Waals surface area contributed by atoms with Gasteiger partial charge in [-0.15, -0.1) is 0 Å². The van der Waals surface area contributed by atoms with Crippen LogP contribution in [0.5, 0.6) is 5.88 Å². The predicted molar refractivity (Wildman–Crippen MR) is 219 cm³/mol. The number of benzene rings is 2. The van der Waals surface area contributed by atoms with Gasteiger partial charge in [0.25, 0.3) is 5.56 Å². The number of carbonyl (C=O) groups excluding carboxylic acids is 2. The van der Waals surface area contributed by atoms with E-state index in [-0.39, 0.29) is 49.4 Å². The Morgan fingerprint density at radius 1 is 1.02 bits per heavy atom. The van der Waals surface area contributed by atoms with Crippen molar-refractivity contribution in [1.82, 2.24) is 34.9 Å². The quantitative estimate of drug-likeness (QED) is 0.112. The van der Waals surface area contributed by atoms with Crippen molar-refractivity contribution >= 4 is 46.8 Å². The van der Waals surface area contributed by atoms with Gasteiger partial charge in [0.15, 0.2) is 0 Å². The van der Waals surface area contributed by atoms with Gasteiger partial charge in [0, 0.05) is 65.7 Å². The fourth-order valence-electron chi connectivity index (χ4n) is 7.03. The number of hydrogen-bond acceptors (Lipinski definition) is 10. The molecular weight excluding hydrogens is 785 g/mol. The zero-order valence-corrected chi connectivity index (χ0v) is 34.0. The average Bonchev–Trinajstić information content (AvgIpc) is 3.81. The zero-order chi connectivity index (χ0) is 41.4. The Bertz CT molecular complexity index is 2480. The number of rotatable bonds is 13. The number of carboxylic acid groups (broad SMARTS) is 1. The lowest BCUT2D eigenvalue weighted by Gasteiger charge is -2.29.